The van der Waals surface area contributed by atoms with E-state index in [0.29, 0.717) is 28.8 Å². The molecule has 1 aromatic carbocycles. The lowest BCUT2D eigenvalue weighted by molar-refractivity contribution is -0.115. The smallest absolute Gasteiger partial charge is 0.237 e. The molecule has 0 bridgehead atoms. The van der Waals surface area contributed by atoms with Crippen molar-refractivity contribution in [3.8, 4) is 17.5 Å². The van der Waals surface area contributed by atoms with Gasteiger partial charge in [-0.1, -0.05) is 23.9 Å². The molecular formula is C22H18N6O2S. The first-order chi connectivity index (χ1) is 15.2. The molecule has 9 heteroatoms. The van der Waals surface area contributed by atoms with Crippen molar-refractivity contribution in [2.75, 3.05) is 5.32 Å². The number of anilines is 1. The molecule has 8 nitrogen and oxygen atoms in total. The second-order valence-electron chi connectivity index (χ2n) is 6.62. The maximum atomic E-state index is 12.8. The van der Waals surface area contributed by atoms with Gasteiger partial charge in [0.2, 0.25) is 5.91 Å². The quantitative estimate of drug-likeness (QED) is 0.442. The summed E-state index contributed by atoms with van der Waals surface area (Å²) in [5.41, 5.74) is 1.71. The summed E-state index contributed by atoms with van der Waals surface area (Å²) in [5, 5.41) is 20.8. The molecule has 4 rings (SSSR count). The van der Waals surface area contributed by atoms with Crippen LogP contribution in [-0.2, 0) is 11.3 Å². The minimum absolute atomic E-state index is 0.233. The fourth-order valence-electron chi connectivity index (χ4n) is 2.92. The Kier molecular flexibility index (Phi) is 6.10. The monoisotopic (exact) mass is 430 g/mol. The van der Waals surface area contributed by atoms with Crippen LogP contribution in [0.1, 0.15) is 18.2 Å². The van der Waals surface area contributed by atoms with Crippen LogP contribution >= 0.6 is 11.8 Å². The molecule has 0 aliphatic rings. The van der Waals surface area contributed by atoms with E-state index in [1.165, 1.54) is 11.8 Å². The summed E-state index contributed by atoms with van der Waals surface area (Å²) < 4.78 is 7.39. The summed E-state index contributed by atoms with van der Waals surface area (Å²) in [5.74, 6) is 1.14. The van der Waals surface area contributed by atoms with E-state index in [4.69, 9.17) is 4.42 Å². The molecule has 4 aromatic rings. The van der Waals surface area contributed by atoms with E-state index in [1.807, 2.05) is 28.8 Å². The molecule has 0 saturated heterocycles. The van der Waals surface area contributed by atoms with Crippen LogP contribution in [0.15, 0.2) is 76.8 Å². The first-order valence-corrected chi connectivity index (χ1v) is 10.4. The Balaban J connectivity index is 1.58. The van der Waals surface area contributed by atoms with Crippen molar-refractivity contribution >= 4 is 23.4 Å². The van der Waals surface area contributed by atoms with Crippen molar-refractivity contribution in [2.45, 2.75) is 23.9 Å². The number of carbonyl (C=O) groups excluding carboxylic acids is 1. The van der Waals surface area contributed by atoms with Crippen molar-refractivity contribution in [2.24, 2.45) is 0 Å². The Morgan fingerprint density at radius 3 is 2.84 bits per heavy atom. The van der Waals surface area contributed by atoms with Gasteiger partial charge in [0.05, 0.1) is 29.3 Å². The number of hydrogen-bond acceptors (Lipinski definition) is 7. The standard InChI is InChI=1S/C22H18N6O2S/c1-15(21(29)25-19-9-3-2-6-16(19)12-23)31-22-27-26-20(17-7-4-10-24-13-17)28(22)14-18-8-5-11-30-18/h2-11,13,15H,14H2,1H3,(H,25,29). The highest BCUT2D eigenvalue weighted by molar-refractivity contribution is 8.00. The molecule has 0 fully saturated rings. The normalized spacial score (nSPS) is 11.6. The number of hydrogen-bond donors (Lipinski definition) is 1. The zero-order valence-corrected chi connectivity index (χ0v) is 17.4. The molecule has 0 spiro atoms. The van der Waals surface area contributed by atoms with E-state index in [1.54, 1.807) is 49.8 Å². The number of aromatic nitrogens is 4. The Morgan fingerprint density at radius 1 is 1.23 bits per heavy atom. The molecule has 1 atom stereocenters. The summed E-state index contributed by atoms with van der Waals surface area (Å²) in [6.45, 7) is 2.20. The van der Waals surface area contributed by atoms with Crippen molar-refractivity contribution in [3.63, 3.8) is 0 Å². The van der Waals surface area contributed by atoms with Gasteiger partial charge in [0.25, 0.3) is 0 Å². The van der Waals surface area contributed by atoms with Gasteiger partial charge in [-0.15, -0.1) is 10.2 Å². The van der Waals surface area contributed by atoms with Crippen molar-refractivity contribution < 1.29 is 9.21 Å². The number of nitrogens with zero attached hydrogens (tertiary/aromatic N) is 5. The van der Waals surface area contributed by atoms with E-state index in [2.05, 4.69) is 26.6 Å². The fraction of sp³-hybridized carbons (Fsp3) is 0.136. The minimum atomic E-state index is -0.479. The van der Waals surface area contributed by atoms with Crippen molar-refractivity contribution in [3.05, 3.63) is 78.5 Å². The molecular weight excluding hydrogens is 412 g/mol. The molecule has 154 valence electrons. The molecule has 0 aliphatic heterocycles. The van der Waals surface area contributed by atoms with Gasteiger partial charge in [0, 0.05) is 18.0 Å². The molecule has 3 heterocycles. The number of amides is 1. The van der Waals surface area contributed by atoms with Crippen LogP contribution in [-0.4, -0.2) is 30.9 Å². The maximum absolute atomic E-state index is 12.8. The summed E-state index contributed by atoms with van der Waals surface area (Å²) in [6, 6.07) is 16.4. The molecule has 0 radical (unpaired) electrons. The molecule has 1 N–H and O–H groups in total. The number of nitrogens with one attached hydrogen (secondary N) is 1. The topological polar surface area (TPSA) is 110 Å². The maximum Gasteiger partial charge on any atom is 0.237 e. The minimum Gasteiger partial charge on any atom is -0.467 e. The average molecular weight is 430 g/mol. The number of para-hydroxylation sites is 1. The van der Waals surface area contributed by atoms with Crippen LogP contribution in [0.2, 0.25) is 0 Å². The van der Waals surface area contributed by atoms with Crippen LogP contribution in [0, 0.1) is 11.3 Å². The predicted octanol–water partition coefficient (Wildman–Crippen LogP) is 3.97. The third-order valence-electron chi connectivity index (χ3n) is 4.49. The van der Waals surface area contributed by atoms with Gasteiger partial charge in [-0.2, -0.15) is 5.26 Å². The summed E-state index contributed by atoms with van der Waals surface area (Å²) in [6.07, 6.45) is 5.02. The van der Waals surface area contributed by atoms with Gasteiger partial charge in [-0.25, -0.2) is 0 Å². The highest BCUT2D eigenvalue weighted by Gasteiger charge is 2.22. The van der Waals surface area contributed by atoms with Gasteiger partial charge >= 0.3 is 0 Å². The van der Waals surface area contributed by atoms with Crippen LogP contribution in [0.4, 0.5) is 5.69 Å². The molecule has 0 saturated carbocycles. The fourth-order valence-corrected chi connectivity index (χ4v) is 3.77. The Bertz CT molecular complexity index is 1210. The molecule has 0 aliphatic carbocycles. The van der Waals surface area contributed by atoms with Crippen LogP contribution in [0.5, 0.6) is 0 Å². The van der Waals surface area contributed by atoms with Crippen LogP contribution in [0.25, 0.3) is 11.4 Å². The highest BCUT2D eigenvalue weighted by Crippen LogP contribution is 2.28. The second kappa shape index (κ2) is 9.28. The SMILES string of the molecule is CC(Sc1nnc(-c2cccnc2)n1Cc1ccco1)C(=O)Nc1ccccc1C#N. The number of benzene rings is 1. The molecule has 1 amide bonds. The Morgan fingerprint density at radius 2 is 2.10 bits per heavy atom. The van der Waals surface area contributed by atoms with Gasteiger partial charge in [-0.05, 0) is 43.3 Å². The first-order valence-electron chi connectivity index (χ1n) is 9.48. The Hall–Kier alpha value is -3.90. The number of furan rings is 1. The summed E-state index contributed by atoms with van der Waals surface area (Å²) in [7, 11) is 0. The van der Waals surface area contributed by atoms with Crippen molar-refractivity contribution in [1.29, 1.82) is 5.26 Å². The lowest BCUT2D eigenvalue weighted by Crippen LogP contribution is -2.23. The summed E-state index contributed by atoms with van der Waals surface area (Å²) >= 11 is 1.28. The van der Waals surface area contributed by atoms with Crippen LogP contribution in [0.3, 0.4) is 0 Å². The third kappa shape index (κ3) is 4.65. The second-order valence-corrected chi connectivity index (χ2v) is 7.93. The van der Waals surface area contributed by atoms with Gasteiger partial charge < -0.3 is 9.73 Å². The van der Waals surface area contributed by atoms with Gasteiger partial charge in [0.15, 0.2) is 11.0 Å². The van der Waals surface area contributed by atoms with E-state index < -0.39 is 5.25 Å². The Labute approximate surface area is 182 Å². The highest BCUT2D eigenvalue weighted by atomic mass is 32.2. The lowest BCUT2D eigenvalue weighted by Gasteiger charge is -2.14. The first kappa shape index (κ1) is 20.4. The zero-order chi connectivity index (χ0) is 21.6. The predicted molar refractivity (Wildman–Crippen MR) is 116 cm³/mol. The average Bonchev–Trinajstić information content (AvgIpc) is 3.45. The third-order valence-corrected chi connectivity index (χ3v) is 5.57. The number of carbonyl (C=O) groups is 1. The van der Waals surface area contributed by atoms with Gasteiger partial charge in [-0.3, -0.25) is 14.3 Å². The van der Waals surface area contributed by atoms with Crippen LogP contribution < -0.4 is 5.32 Å². The number of rotatable bonds is 7. The number of pyridine rings is 1. The van der Waals surface area contributed by atoms with E-state index in [-0.39, 0.29) is 5.91 Å². The molecule has 1 unspecified atom stereocenters. The zero-order valence-electron chi connectivity index (χ0n) is 16.6. The summed E-state index contributed by atoms with van der Waals surface area (Å²) in [4.78, 5) is 16.9. The van der Waals surface area contributed by atoms with Gasteiger partial charge in [0.1, 0.15) is 11.8 Å². The van der Waals surface area contributed by atoms with E-state index in [9.17, 15) is 10.1 Å². The number of thioether (sulfide) groups is 1. The lowest BCUT2D eigenvalue weighted by atomic mass is 10.2. The number of nitriles is 1. The largest absolute Gasteiger partial charge is 0.467 e. The molecule has 31 heavy (non-hydrogen) atoms. The van der Waals surface area contributed by atoms with E-state index >= 15 is 0 Å². The van der Waals surface area contributed by atoms with Crippen molar-refractivity contribution in [1.82, 2.24) is 19.7 Å². The van der Waals surface area contributed by atoms with E-state index in [0.717, 1.165) is 11.3 Å². The molecule has 3 aromatic heterocycles.